The summed E-state index contributed by atoms with van der Waals surface area (Å²) in [4.78, 5) is 11.8. The maximum Gasteiger partial charge on any atom is 0.162 e. The molecule has 5 rings (SSSR count). The van der Waals surface area contributed by atoms with Crippen LogP contribution in [0.2, 0.25) is 0 Å². The summed E-state index contributed by atoms with van der Waals surface area (Å²) in [6.07, 6.45) is 8.50. The third-order valence-electron chi connectivity index (χ3n) is 5.86. The van der Waals surface area contributed by atoms with Crippen molar-refractivity contribution < 1.29 is 5.11 Å². The van der Waals surface area contributed by atoms with Gasteiger partial charge in [-0.25, -0.2) is 9.97 Å². The fourth-order valence-electron chi connectivity index (χ4n) is 4.14. The molecule has 1 aromatic carbocycles. The summed E-state index contributed by atoms with van der Waals surface area (Å²) in [5.74, 6) is 2.03. The number of rotatable bonds is 5. The van der Waals surface area contributed by atoms with Gasteiger partial charge in [-0.2, -0.15) is 9.61 Å². The molecule has 8 nitrogen and oxygen atoms in total. The van der Waals surface area contributed by atoms with Gasteiger partial charge in [0.15, 0.2) is 5.65 Å². The molecule has 1 aliphatic heterocycles. The first-order valence-electron chi connectivity index (χ1n) is 11.5. The molecule has 170 valence electrons. The van der Waals surface area contributed by atoms with Crippen LogP contribution < -0.4 is 10.2 Å². The number of aliphatic hydroxyl groups is 1. The number of aliphatic hydroxyl groups excluding tert-OH is 1. The Morgan fingerprint density at radius 2 is 1.88 bits per heavy atom. The molecule has 8 heteroatoms. The highest BCUT2D eigenvalue weighted by molar-refractivity contribution is 5.76. The molecule has 0 amide bonds. The number of hydrogen-bond acceptors (Lipinski definition) is 6. The smallest absolute Gasteiger partial charge is 0.162 e. The van der Waals surface area contributed by atoms with Crippen molar-refractivity contribution in [3.05, 3.63) is 47.9 Å². The van der Waals surface area contributed by atoms with E-state index in [1.165, 1.54) is 30.4 Å². The van der Waals surface area contributed by atoms with E-state index >= 15 is 0 Å². The number of hydrogen-bond donors (Lipinski definition) is 2. The number of aromatic nitrogens is 5. The fraction of sp³-hybridized carbons (Fsp3) is 0.458. The van der Waals surface area contributed by atoms with E-state index in [0.717, 1.165) is 47.8 Å². The molecule has 0 unspecified atom stereocenters. The Balaban J connectivity index is 0.000000775. The highest BCUT2D eigenvalue weighted by atomic mass is 16.2. The largest absolute Gasteiger partial charge is 0.397 e. The summed E-state index contributed by atoms with van der Waals surface area (Å²) >= 11 is 0. The van der Waals surface area contributed by atoms with Crippen molar-refractivity contribution in [1.29, 1.82) is 0 Å². The Labute approximate surface area is 188 Å². The number of nitrogens with one attached hydrogen (secondary N) is 1. The number of anilines is 2. The number of piperidine rings is 1. The second-order valence-electron chi connectivity index (χ2n) is 8.15. The quantitative estimate of drug-likeness (QED) is 0.496. The third-order valence-corrected chi connectivity index (χ3v) is 5.86. The zero-order chi connectivity index (χ0) is 22.5. The molecule has 0 atom stereocenters. The molecule has 0 spiro atoms. The summed E-state index contributed by atoms with van der Waals surface area (Å²) in [6.45, 7) is 6.96. The molecule has 3 aromatic heterocycles. The van der Waals surface area contributed by atoms with Crippen LogP contribution in [0, 0.1) is 0 Å². The lowest BCUT2D eigenvalue weighted by Crippen LogP contribution is -2.30. The predicted octanol–water partition coefficient (Wildman–Crippen LogP) is 3.78. The van der Waals surface area contributed by atoms with E-state index in [9.17, 15) is 0 Å². The minimum Gasteiger partial charge on any atom is -0.397 e. The van der Waals surface area contributed by atoms with Crippen LogP contribution in [0.5, 0.6) is 0 Å². The molecule has 4 heterocycles. The molecule has 1 aliphatic rings. The monoisotopic (exact) mass is 435 g/mol. The topological polar surface area (TPSA) is 83.5 Å². The third kappa shape index (κ3) is 4.55. The van der Waals surface area contributed by atoms with E-state index < -0.39 is 0 Å². The van der Waals surface area contributed by atoms with Crippen molar-refractivity contribution in [3.8, 4) is 0 Å². The highest BCUT2D eigenvalue weighted by Gasteiger charge is 2.17. The molecule has 0 bridgehead atoms. The van der Waals surface area contributed by atoms with Gasteiger partial charge in [0, 0.05) is 44.9 Å². The zero-order valence-electron chi connectivity index (χ0n) is 19.3. The van der Waals surface area contributed by atoms with Crippen molar-refractivity contribution in [2.75, 3.05) is 29.9 Å². The summed E-state index contributed by atoms with van der Waals surface area (Å²) in [7, 11) is 2.02. The maximum absolute atomic E-state index is 7.57. The average molecular weight is 436 g/mol. The predicted molar refractivity (Wildman–Crippen MR) is 129 cm³/mol. The number of aryl methyl sites for hydroxylation is 2. The van der Waals surface area contributed by atoms with E-state index in [2.05, 4.69) is 51.5 Å². The normalized spacial score (nSPS) is 13.9. The summed E-state index contributed by atoms with van der Waals surface area (Å²) < 4.78 is 3.98. The average Bonchev–Trinajstić information content (AvgIpc) is 3.41. The van der Waals surface area contributed by atoms with Crippen molar-refractivity contribution in [3.63, 3.8) is 0 Å². The summed E-state index contributed by atoms with van der Waals surface area (Å²) in [5.41, 5.74) is 5.50. The number of nitrogens with zero attached hydrogens (tertiary/aromatic N) is 6. The number of benzene rings is 1. The van der Waals surface area contributed by atoms with Crippen molar-refractivity contribution in [2.24, 2.45) is 7.05 Å². The first-order chi connectivity index (χ1) is 15.6. The number of fused-ring (bicyclic) bond motifs is 2. The van der Waals surface area contributed by atoms with E-state index in [1.807, 2.05) is 28.7 Å². The molecule has 1 fully saturated rings. The molecule has 0 saturated carbocycles. The van der Waals surface area contributed by atoms with Gasteiger partial charge >= 0.3 is 0 Å². The van der Waals surface area contributed by atoms with Gasteiger partial charge in [-0.15, -0.1) is 0 Å². The first kappa shape index (κ1) is 22.1. The maximum atomic E-state index is 7.57. The van der Waals surface area contributed by atoms with Crippen LogP contribution >= 0.6 is 0 Å². The van der Waals surface area contributed by atoms with Gasteiger partial charge in [0.25, 0.3) is 0 Å². The second kappa shape index (κ2) is 9.99. The molecular formula is C24H33N7O. The number of imidazole rings is 1. The van der Waals surface area contributed by atoms with Crippen LogP contribution in [0.4, 0.5) is 11.6 Å². The van der Waals surface area contributed by atoms with Crippen molar-refractivity contribution in [1.82, 2.24) is 24.1 Å². The van der Waals surface area contributed by atoms with Crippen molar-refractivity contribution in [2.45, 2.75) is 46.1 Å². The standard InChI is InChI=1S/C22H27N7.C2H6O/c1-3-17-14-25-29-20(12-21(26-22(17)29)28-9-5-4-6-10-28)23-13-16-7-8-19-18(11-16)24-15-27(19)2;1-2-3/h7-8,11-12,14-15,23H,3-6,9-10,13H2,1-2H3;3H,2H2,1H3. The lowest BCUT2D eigenvalue weighted by molar-refractivity contribution is 0.318. The fourth-order valence-corrected chi connectivity index (χ4v) is 4.14. The van der Waals surface area contributed by atoms with Gasteiger partial charge in [-0.3, -0.25) is 0 Å². The van der Waals surface area contributed by atoms with E-state index in [4.69, 9.17) is 10.1 Å². The first-order valence-corrected chi connectivity index (χ1v) is 11.5. The Kier molecular flexibility index (Phi) is 6.90. The van der Waals surface area contributed by atoms with Crippen LogP contribution in [0.3, 0.4) is 0 Å². The van der Waals surface area contributed by atoms with E-state index in [1.54, 1.807) is 6.92 Å². The Morgan fingerprint density at radius 1 is 1.09 bits per heavy atom. The van der Waals surface area contributed by atoms with Crippen LogP contribution in [0.15, 0.2) is 36.8 Å². The van der Waals surface area contributed by atoms with Gasteiger partial charge in [-0.05, 0) is 50.3 Å². The Bertz CT molecular complexity index is 1170. The molecule has 4 aromatic rings. The van der Waals surface area contributed by atoms with E-state index in [-0.39, 0.29) is 6.61 Å². The van der Waals surface area contributed by atoms with Crippen LogP contribution in [-0.2, 0) is 20.0 Å². The summed E-state index contributed by atoms with van der Waals surface area (Å²) in [6, 6.07) is 8.57. The lowest BCUT2D eigenvalue weighted by atomic mass is 10.1. The minimum absolute atomic E-state index is 0.250. The second-order valence-corrected chi connectivity index (χ2v) is 8.15. The van der Waals surface area contributed by atoms with Crippen LogP contribution in [-0.4, -0.2) is 49.0 Å². The van der Waals surface area contributed by atoms with Gasteiger partial charge in [0.1, 0.15) is 11.6 Å². The van der Waals surface area contributed by atoms with Crippen LogP contribution in [0.25, 0.3) is 16.7 Å². The highest BCUT2D eigenvalue weighted by Crippen LogP contribution is 2.25. The minimum atomic E-state index is 0.250. The molecule has 2 N–H and O–H groups in total. The zero-order valence-corrected chi connectivity index (χ0v) is 19.3. The summed E-state index contributed by atoms with van der Waals surface area (Å²) in [5, 5.41) is 15.8. The van der Waals surface area contributed by atoms with Crippen LogP contribution in [0.1, 0.15) is 44.2 Å². The Morgan fingerprint density at radius 3 is 2.62 bits per heavy atom. The van der Waals surface area contributed by atoms with E-state index in [0.29, 0.717) is 6.54 Å². The SMILES string of the molecule is CCO.CCc1cnn2c(NCc3ccc4c(c3)ncn4C)cc(N3CCCCC3)nc12. The molecule has 1 saturated heterocycles. The lowest BCUT2D eigenvalue weighted by Gasteiger charge is -2.28. The van der Waals surface area contributed by atoms with Crippen molar-refractivity contribution >= 4 is 28.3 Å². The van der Waals surface area contributed by atoms with Gasteiger partial charge in [0.2, 0.25) is 0 Å². The molecular weight excluding hydrogens is 402 g/mol. The molecule has 0 aliphatic carbocycles. The Hall–Kier alpha value is -3.13. The molecule has 32 heavy (non-hydrogen) atoms. The van der Waals surface area contributed by atoms with Gasteiger partial charge in [0.05, 0.1) is 23.6 Å². The van der Waals surface area contributed by atoms with Gasteiger partial charge < -0.3 is 19.9 Å². The molecule has 0 radical (unpaired) electrons. The van der Waals surface area contributed by atoms with Gasteiger partial charge in [-0.1, -0.05) is 13.0 Å².